The van der Waals surface area contributed by atoms with Crippen LogP contribution in [-0.4, -0.2) is 44.4 Å². The Kier molecular flexibility index (Phi) is 5.43. The minimum Gasteiger partial charge on any atom is -0.489 e. The van der Waals surface area contributed by atoms with Crippen LogP contribution in [0.15, 0.2) is 30.4 Å². The first-order valence-electron chi connectivity index (χ1n) is 6.91. The lowest BCUT2D eigenvalue weighted by atomic mass is 10.1. The topological polar surface area (TPSA) is 21.7 Å². The molecule has 0 N–H and O–H groups in total. The zero-order valence-electron chi connectivity index (χ0n) is 11.9. The number of benzene rings is 1. The van der Waals surface area contributed by atoms with Crippen LogP contribution in [0.1, 0.15) is 11.1 Å². The number of rotatable bonds is 5. The van der Waals surface area contributed by atoms with E-state index < -0.39 is 0 Å². The summed E-state index contributed by atoms with van der Waals surface area (Å²) in [6.45, 7) is 9.55. The van der Waals surface area contributed by atoms with E-state index in [1.54, 1.807) is 0 Å². The van der Waals surface area contributed by atoms with Crippen molar-refractivity contribution in [2.45, 2.75) is 13.8 Å². The molecule has 0 atom stereocenters. The molecule has 3 heteroatoms. The Hall–Kier alpha value is -1.32. The molecule has 1 aromatic rings. The molecule has 0 radical (unpaired) electrons. The average molecular weight is 261 g/mol. The minimum atomic E-state index is 0.635. The van der Waals surface area contributed by atoms with Crippen LogP contribution in [0.3, 0.4) is 0 Å². The van der Waals surface area contributed by atoms with E-state index in [2.05, 4.69) is 49.1 Å². The molecule has 1 aliphatic heterocycles. The normalized spacial score (nSPS) is 16.9. The van der Waals surface area contributed by atoms with Gasteiger partial charge in [-0.05, 0) is 25.0 Å². The van der Waals surface area contributed by atoms with Crippen LogP contribution in [0.4, 0.5) is 0 Å². The first kappa shape index (κ1) is 14.1. The second kappa shape index (κ2) is 7.31. The molecular weight excluding hydrogens is 238 g/mol. The summed E-state index contributed by atoms with van der Waals surface area (Å²) in [5.41, 5.74) is 2.39. The predicted molar refractivity (Wildman–Crippen MR) is 77.8 cm³/mol. The number of hydrogen-bond donors (Lipinski definition) is 0. The Balaban J connectivity index is 1.73. The number of hydrogen-bond acceptors (Lipinski definition) is 3. The van der Waals surface area contributed by atoms with Gasteiger partial charge in [0.1, 0.15) is 12.4 Å². The third-order valence-corrected chi connectivity index (χ3v) is 3.37. The van der Waals surface area contributed by atoms with Crippen LogP contribution in [0.2, 0.25) is 0 Å². The van der Waals surface area contributed by atoms with Crippen molar-refractivity contribution in [2.24, 2.45) is 0 Å². The number of morpholine rings is 1. The molecule has 3 nitrogen and oxygen atoms in total. The molecule has 0 spiro atoms. The van der Waals surface area contributed by atoms with E-state index in [1.165, 1.54) is 11.1 Å². The summed E-state index contributed by atoms with van der Waals surface area (Å²) in [6.07, 6.45) is 4.28. The zero-order chi connectivity index (χ0) is 13.5. The molecular formula is C16H23NO2. The zero-order valence-corrected chi connectivity index (χ0v) is 11.9. The van der Waals surface area contributed by atoms with E-state index >= 15 is 0 Å². The van der Waals surface area contributed by atoms with Crippen molar-refractivity contribution in [3.63, 3.8) is 0 Å². The van der Waals surface area contributed by atoms with Crippen molar-refractivity contribution in [1.29, 1.82) is 0 Å². The molecule has 19 heavy (non-hydrogen) atoms. The van der Waals surface area contributed by atoms with E-state index in [1.807, 2.05) is 0 Å². The standard InChI is InChI=1S/C16H23NO2/c1-14-6-5-7-15(2)16(14)19-11-4-3-8-17-9-12-18-13-10-17/h3-7H,8-13H2,1-2H3/b4-3+. The van der Waals surface area contributed by atoms with Crippen molar-refractivity contribution in [3.8, 4) is 5.75 Å². The first-order valence-corrected chi connectivity index (χ1v) is 6.91. The van der Waals surface area contributed by atoms with Gasteiger partial charge in [0.2, 0.25) is 0 Å². The van der Waals surface area contributed by atoms with Gasteiger partial charge in [-0.3, -0.25) is 4.90 Å². The van der Waals surface area contributed by atoms with E-state index in [0.717, 1.165) is 38.6 Å². The Bertz CT molecular complexity index is 403. The smallest absolute Gasteiger partial charge is 0.125 e. The Morgan fingerprint density at radius 3 is 2.53 bits per heavy atom. The van der Waals surface area contributed by atoms with Crippen LogP contribution in [0.5, 0.6) is 5.75 Å². The second-order valence-corrected chi connectivity index (χ2v) is 4.92. The number of aryl methyl sites for hydroxylation is 2. The van der Waals surface area contributed by atoms with Crippen LogP contribution in [-0.2, 0) is 4.74 Å². The van der Waals surface area contributed by atoms with Gasteiger partial charge in [-0.1, -0.05) is 30.4 Å². The molecule has 0 amide bonds. The fraction of sp³-hybridized carbons (Fsp3) is 0.500. The molecule has 1 fully saturated rings. The SMILES string of the molecule is Cc1cccc(C)c1OC/C=C/CN1CCOCC1. The summed E-state index contributed by atoms with van der Waals surface area (Å²) >= 11 is 0. The van der Waals surface area contributed by atoms with Gasteiger partial charge in [0.15, 0.2) is 0 Å². The van der Waals surface area contributed by atoms with Gasteiger partial charge in [-0.15, -0.1) is 0 Å². The van der Waals surface area contributed by atoms with E-state index in [9.17, 15) is 0 Å². The van der Waals surface area contributed by atoms with Crippen LogP contribution >= 0.6 is 0 Å². The quantitative estimate of drug-likeness (QED) is 0.760. The molecule has 0 aromatic heterocycles. The van der Waals surface area contributed by atoms with Gasteiger partial charge in [0.05, 0.1) is 13.2 Å². The van der Waals surface area contributed by atoms with Crippen molar-refractivity contribution < 1.29 is 9.47 Å². The van der Waals surface area contributed by atoms with Crippen LogP contribution in [0.25, 0.3) is 0 Å². The predicted octanol–water partition coefficient (Wildman–Crippen LogP) is 2.57. The number of nitrogens with zero attached hydrogens (tertiary/aromatic N) is 1. The molecule has 104 valence electrons. The van der Waals surface area contributed by atoms with E-state index in [4.69, 9.17) is 9.47 Å². The lowest BCUT2D eigenvalue weighted by Gasteiger charge is -2.25. The van der Waals surface area contributed by atoms with E-state index in [0.29, 0.717) is 6.61 Å². The molecule has 0 unspecified atom stereocenters. The third kappa shape index (κ3) is 4.37. The summed E-state index contributed by atoms with van der Waals surface area (Å²) in [6, 6.07) is 6.23. The largest absolute Gasteiger partial charge is 0.489 e. The summed E-state index contributed by atoms with van der Waals surface area (Å²) in [5, 5.41) is 0. The first-order chi connectivity index (χ1) is 9.27. The van der Waals surface area contributed by atoms with E-state index in [-0.39, 0.29) is 0 Å². The molecule has 1 aliphatic rings. The maximum atomic E-state index is 5.83. The second-order valence-electron chi connectivity index (χ2n) is 4.92. The third-order valence-electron chi connectivity index (χ3n) is 3.37. The fourth-order valence-corrected chi connectivity index (χ4v) is 2.23. The Morgan fingerprint density at radius 1 is 1.16 bits per heavy atom. The lowest BCUT2D eigenvalue weighted by molar-refractivity contribution is 0.0434. The van der Waals surface area contributed by atoms with Crippen LogP contribution in [0, 0.1) is 13.8 Å². The highest BCUT2D eigenvalue weighted by Crippen LogP contribution is 2.22. The van der Waals surface area contributed by atoms with Gasteiger partial charge < -0.3 is 9.47 Å². The number of ether oxygens (including phenoxy) is 2. The van der Waals surface area contributed by atoms with Crippen molar-refractivity contribution in [2.75, 3.05) is 39.5 Å². The Labute approximate surface area is 115 Å². The van der Waals surface area contributed by atoms with Gasteiger partial charge >= 0.3 is 0 Å². The molecule has 2 rings (SSSR count). The summed E-state index contributed by atoms with van der Waals surface area (Å²) in [5.74, 6) is 1.01. The maximum Gasteiger partial charge on any atom is 0.125 e. The van der Waals surface area contributed by atoms with Gasteiger partial charge in [-0.2, -0.15) is 0 Å². The minimum absolute atomic E-state index is 0.635. The summed E-state index contributed by atoms with van der Waals surface area (Å²) in [4.78, 5) is 2.39. The molecule has 0 saturated carbocycles. The fourth-order valence-electron chi connectivity index (χ4n) is 2.23. The van der Waals surface area contributed by atoms with Crippen LogP contribution < -0.4 is 4.74 Å². The highest BCUT2D eigenvalue weighted by molar-refractivity contribution is 5.39. The Morgan fingerprint density at radius 2 is 1.84 bits per heavy atom. The summed E-state index contributed by atoms with van der Waals surface area (Å²) in [7, 11) is 0. The van der Waals surface area contributed by atoms with Crippen molar-refractivity contribution in [1.82, 2.24) is 4.90 Å². The lowest BCUT2D eigenvalue weighted by Crippen LogP contribution is -2.36. The van der Waals surface area contributed by atoms with Gasteiger partial charge in [0, 0.05) is 19.6 Å². The van der Waals surface area contributed by atoms with Gasteiger partial charge in [-0.25, -0.2) is 0 Å². The molecule has 1 heterocycles. The summed E-state index contributed by atoms with van der Waals surface area (Å²) < 4.78 is 11.1. The van der Waals surface area contributed by atoms with Crippen molar-refractivity contribution >= 4 is 0 Å². The molecule has 1 saturated heterocycles. The van der Waals surface area contributed by atoms with Crippen molar-refractivity contribution in [3.05, 3.63) is 41.5 Å². The molecule has 0 bridgehead atoms. The highest BCUT2D eigenvalue weighted by atomic mass is 16.5. The monoisotopic (exact) mass is 261 g/mol. The number of para-hydroxylation sites is 1. The molecule has 1 aromatic carbocycles. The average Bonchev–Trinajstić information content (AvgIpc) is 2.42. The van der Waals surface area contributed by atoms with Gasteiger partial charge in [0.25, 0.3) is 0 Å². The maximum absolute atomic E-state index is 5.83. The molecule has 0 aliphatic carbocycles. The highest BCUT2D eigenvalue weighted by Gasteiger charge is 2.07.